The van der Waals surface area contributed by atoms with E-state index in [1.807, 2.05) is 18.2 Å². The molecule has 0 aliphatic carbocycles. The van der Waals surface area contributed by atoms with E-state index in [4.69, 9.17) is 0 Å². The third-order valence-electron chi connectivity index (χ3n) is 5.12. The van der Waals surface area contributed by atoms with E-state index in [-0.39, 0.29) is 18.7 Å². The van der Waals surface area contributed by atoms with E-state index in [1.54, 1.807) is 36.7 Å². The highest BCUT2D eigenvalue weighted by Gasteiger charge is 2.15. The quantitative estimate of drug-likeness (QED) is 0.275. The maximum Gasteiger partial charge on any atom is 0.204 e. The number of nitro groups is 1. The average Bonchev–Trinajstić information content (AvgIpc) is 3.27. The average molecular weight is 467 g/mol. The van der Waals surface area contributed by atoms with Gasteiger partial charge in [-0.2, -0.15) is 0 Å². The summed E-state index contributed by atoms with van der Waals surface area (Å²) in [5.41, 5.74) is 4.33. The van der Waals surface area contributed by atoms with Crippen molar-refractivity contribution in [2.45, 2.75) is 11.3 Å². The van der Waals surface area contributed by atoms with E-state index in [1.165, 1.54) is 6.07 Å². The molecule has 33 heavy (non-hydrogen) atoms. The Labute approximate surface area is 190 Å². The molecule has 6 nitrogen and oxygen atoms in total. The minimum absolute atomic E-state index is 0.211. The maximum absolute atomic E-state index is 13.9. The van der Waals surface area contributed by atoms with Gasteiger partial charge >= 0.3 is 0 Å². The number of pyridine rings is 1. The van der Waals surface area contributed by atoms with Crippen LogP contribution in [0.2, 0.25) is 0 Å². The van der Waals surface area contributed by atoms with Gasteiger partial charge in [0, 0.05) is 51.2 Å². The summed E-state index contributed by atoms with van der Waals surface area (Å²) in [5, 5.41) is 10.4. The number of nitrogens with one attached hydrogen (secondary N) is 1. The monoisotopic (exact) mass is 467 g/mol. The predicted octanol–water partition coefficient (Wildman–Crippen LogP) is 5.46. The molecule has 1 N–H and O–H groups in total. The molecule has 2 aromatic carbocycles. The van der Waals surface area contributed by atoms with E-state index in [0.717, 1.165) is 34.5 Å². The minimum Gasteiger partial charge on any atom is -0.354 e. The van der Waals surface area contributed by atoms with E-state index in [0.29, 0.717) is 16.2 Å². The van der Waals surface area contributed by atoms with Gasteiger partial charge in [0.15, 0.2) is 11.6 Å². The lowest BCUT2D eigenvalue weighted by Gasteiger charge is -2.05. The highest BCUT2D eigenvalue weighted by atomic mass is 32.2. The van der Waals surface area contributed by atoms with Gasteiger partial charge in [0.1, 0.15) is 0 Å². The summed E-state index contributed by atoms with van der Waals surface area (Å²) in [7, 11) is -1.33. The molecule has 4 aromatic rings. The number of nitrogens with zero attached hydrogens (tertiary/aromatic N) is 2. The fourth-order valence-corrected chi connectivity index (χ4v) is 4.54. The number of benzene rings is 2. The highest BCUT2D eigenvalue weighted by Crippen LogP contribution is 2.36. The van der Waals surface area contributed by atoms with Crippen LogP contribution in [0.5, 0.6) is 0 Å². The van der Waals surface area contributed by atoms with Gasteiger partial charge in [-0.05, 0) is 59.7 Å². The van der Waals surface area contributed by atoms with E-state index in [9.17, 15) is 23.1 Å². The zero-order valence-electron chi connectivity index (χ0n) is 17.3. The van der Waals surface area contributed by atoms with Gasteiger partial charge in [-0.1, -0.05) is 12.1 Å². The zero-order valence-corrected chi connectivity index (χ0v) is 18.1. The van der Waals surface area contributed by atoms with Crippen molar-refractivity contribution < 1.29 is 17.9 Å². The molecule has 1 unspecified atom stereocenters. The van der Waals surface area contributed by atoms with Crippen molar-refractivity contribution in [3.05, 3.63) is 94.8 Å². The molecule has 2 heterocycles. The van der Waals surface area contributed by atoms with Crippen LogP contribution in [0.15, 0.2) is 78.0 Å². The second-order valence-corrected chi connectivity index (χ2v) is 8.89. The van der Waals surface area contributed by atoms with Crippen LogP contribution in [0.4, 0.5) is 8.78 Å². The third kappa shape index (κ3) is 5.20. The molecule has 0 fully saturated rings. The van der Waals surface area contributed by atoms with Crippen LogP contribution in [0.25, 0.3) is 33.6 Å². The number of halogens is 2. The predicted molar refractivity (Wildman–Crippen MR) is 123 cm³/mol. The first-order valence-electron chi connectivity index (χ1n) is 10.1. The molecule has 2 aromatic heterocycles. The fourth-order valence-electron chi connectivity index (χ4n) is 3.48. The Kier molecular flexibility index (Phi) is 6.69. The molecule has 9 heteroatoms. The number of hydrogen-bond acceptors (Lipinski definition) is 4. The molecule has 168 valence electrons. The van der Waals surface area contributed by atoms with Crippen molar-refractivity contribution in [1.82, 2.24) is 9.97 Å². The number of hydrogen-bond donors (Lipinski definition) is 1. The van der Waals surface area contributed by atoms with Gasteiger partial charge in [-0.25, -0.2) is 8.78 Å². The Morgan fingerprint density at radius 3 is 2.27 bits per heavy atom. The molecular weight excluding hydrogens is 448 g/mol. The van der Waals surface area contributed by atoms with Crippen molar-refractivity contribution in [2.24, 2.45) is 0 Å². The third-order valence-corrected chi connectivity index (χ3v) is 6.57. The van der Waals surface area contributed by atoms with Crippen molar-refractivity contribution >= 4 is 10.8 Å². The van der Waals surface area contributed by atoms with Crippen LogP contribution in [-0.4, -0.2) is 31.4 Å². The molecule has 1 atom stereocenters. The molecule has 0 saturated heterocycles. The van der Waals surface area contributed by atoms with Crippen molar-refractivity contribution in [3.63, 3.8) is 0 Å². The van der Waals surface area contributed by atoms with Crippen LogP contribution in [0, 0.1) is 21.7 Å². The Bertz CT molecular complexity index is 1310. The van der Waals surface area contributed by atoms with Crippen molar-refractivity contribution in [1.29, 1.82) is 0 Å². The second-order valence-electron chi connectivity index (χ2n) is 7.32. The number of H-pyrrole nitrogens is 1. The van der Waals surface area contributed by atoms with E-state index in [2.05, 4.69) is 9.97 Å². The Hall–Kier alpha value is -3.72. The first-order chi connectivity index (χ1) is 15.9. The standard InChI is InChI=1S/C24H19F2N3O3S/c25-21-7-4-18(14-22(21)26)24-20(16-8-10-27-11-9-16)15-23(28-24)17-2-5-19(6-3-17)33(32)13-1-12-29(30)31/h2-11,14-15,28H,1,12-13H2. The molecule has 0 aliphatic heterocycles. The van der Waals surface area contributed by atoms with E-state index >= 15 is 0 Å². The summed E-state index contributed by atoms with van der Waals surface area (Å²) in [6, 6.07) is 16.4. The first kappa shape index (κ1) is 22.5. The summed E-state index contributed by atoms with van der Waals surface area (Å²) >= 11 is 0. The summed E-state index contributed by atoms with van der Waals surface area (Å²) in [5.74, 6) is -1.64. The van der Waals surface area contributed by atoms with Gasteiger partial charge in [0.2, 0.25) is 6.54 Å². The number of aromatic amines is 1. The first-order valence-corrected chi connectivity index (χ1v) is 11.4. The van der Waals surface area contributed by atoms with Crippen LogP contribution < -0.4 is 0 Å². The molecule has 0 saturated carbocycles. The lowest BCUT2D eigenvalue weighted by Crippen LogP contribution is -2.06. The smallest absolute Gasteiger partial charge is 0.204 e. The van der Waals surface area contributed by atoms with Gasteiger partial charge in [0.05, 0.1) is 16.5 Å². The molecule has 0 amide bonds. The van der Waals surface area contributed by atoms with Crippen LogP contribution in [0.3, 0.4) is 0 Å². The van der Waals surface area contributed by atoms with Gasteiger partial charge in [-0.3, -0.25) is 19.3 Å². The van der Waals surface area contributed by atoms with Crippen LogP contribution >= 0.6 is 0 Å². The summed E-state index contributed by atoms with van der Waals surface area (Å²) in [6.07, 6.45) is 3.55. The Morgan fingerprint density at radius 1 is 0.909 bits per heavy atom. The molecule has 0 bridgehead atoms. The molecule has 0 spiro atoms. The minimum atomic E-state index is -1.33. The number of aromatic nitrogens is 2. The van der Waals surface area contributed by atoms with Crippen molar-refractivity contribution in [3.8, 4) is 33.6 Å². The van der Waals surface area contributed by atoms with Gasteiger partial charge in [0.25, 0.3) is 0 Å². The van der Waals surface area contributed by atoms with Crippen LogP contribution in [0.1, 0.15) is 6.42 Å². The fraction of sp³-hybridized carbons (Fsp3) is 0.125. The lowest BCUT2D eigenvalue weighted by molar-refractivity contribution is -0.479. The summed E-state index contributed by atoms with van der Waals surface area (Å²) < 4.78 is 39.8. The second kappa shape index (κ2) is 9.83. The van der Waals surface area contributed by atoms with Gasteiger partial charge < -0.3 is 4.98 Å². The zero-order chi connectivity index (χ0) is 23.4. The molecule has 0 radical (unpaired) electrons. The Balaban J connectivity index is 1.67. The van der Waals surface area contributed by atoms with Crippen LogP contribution in [-0.2, 0) is 10.8 Å². The van der Waals surface area contributed by atoms with E-state index < -0.39 is 27.4 Å². The molecule has 0 aliphatic rings. The topological polar surface area (TPSA) is 88.9 Å². The normalized spacial score (nSPS) is 11.9. The van der Waals surface area contributed by atoms with Gasteiger partial charge in [-0.15, -0.1) is 0 Å². The maximum atomic E-state index is 13.9. The summed E-state index contributed by atoms with van der Waals surface area (Å²) in [6.45, 7) is -0.211. The number of rotatable bonds is 8. The Morgan fingerprint density at radius 2 is 1.61 bits per heavy atom. The van der Waals surface area contributed by atoms with Crippen molar-refractivity contribution in [2.75, 3.05) is 12.3 Å². The lowest BCUT2D eigenvalue weighted by atomic mass is 10.0. The molecular formula is C24H19F2N3O3S. The largest absolute Gasteiger partial charge is 0.354 e. The SMILES string of the molecule is O=[N+]([O-])CCCS(=O)c1ccc(-c2cc(-c3ccncc3)c(-c3ccc(F)c(F)c3)[nH]2)cc1. The highest BCUT2D eigenvalue weighted by molar-refractivity contribution is 7.85. The molecule has 4 rings (SSSR count). The summed E-state index contributed by atoms with van der Waals surface area (Å²) in [4.78, 5) is 17.9.